The quantitative estimate of drug-likeness (QED) is 0.467. The number of rotatable bonds is 6. The number of hydrogen-bond acceptors (Lipinski definition) is 4. The molecule has 0 fully saturated rings. The molecule has 0 unspecified atom stereocenters. The van der Waals surface area contributed by atoms with Crippen molar-refractivity contribution in [2.75, 3.05) is 6.61 Å². The SMILES string of the molecule is C=CCOc1ccc(Cl)cc1-c1ccccc1-c1cccc(C(=O)[O-])n1.[Na+]. The van der Waals surface area contributed by atoms with Crippen LogP contribution < -0.4 is 39.4 Å². The first-order chi connectivity index (χ1) is 12.6. The number of hydrogen-bond donors (Lipinski definition) is 0. The van der Waals surface area contributed by atoms with Crippen LogP contribution in [0, 0.1) is 0 Å². The van der Waals surface area contributed by atoms with E-state index in [1.807, 2.05) is 24.3 Å². The third-order valence-electron chi connectivity index (χ3n) is 3.75. The number of aromatic carboxylic acids is 1. The van der Waals surface area contributed by atoms with Gasteiger partial charge in [0.05, 0.1) is 17.4 Å². The van der Waals surface area contributed by atoms with E-state index in [2.05, 4.69) is 11.6 Å². The Morgan fingerprint density at radius 3 is 2.52 bits per heavy atom. The topological polar surface area (TPSA) is 62.2 Å². The Hall–Kier alpha value is -2.11. The van der Waals surface area contributed by atoms with Crippen molar-refractivity contribution in [1.82, 2.24) is 4.98 Å². The van der Waals surface area contributed by atoms with Gasteiger partial charge in [-0.05, 0) is 35.9 Å². The maximum atomic E-state index is 11.1. The average molecular weight is 388 g/mol. The number of benzene rings is 2. The number of aromatic nitrogens is 1. The van der Waals surface area contributed by atoms with Crippen molar-refractivity contribution < 1.29 is 44.2 Å². The van der Waals surface area contributed by atoms with Crippen LogP contribution >= 0.6 is 11.6 Å². The molecule has 0 N–H and O–H groups in total. The zero-order chi connectivity index (χ0) is 18.5. The van der Waals surface area contributed by atoms with Gasteiger partial charge >= 0.3 is 29.6 Å². The summed E-state index contributed by atoms with van der Waals surface area (Å²) in [4.78, 5) is 15.3. The van der Waals surface area contributed by atoms with Crippen LogP contribution in [0.25, 0.3) is 22.4 Å². The van der Waals surface area contributed by atoms with Crippen LogP contribution in [0.1, 0.15) is 10.5 Å². The summed E-state index contributed by atoms with van der Waals surface area (Å²) in [5, 5.41) is 11.7. The number of carbonyl (C=O) groups excluding carboxylic acids is 1. The molecule has 0 saturated carbocycles. The Morgan fingerprint density at radius 2 is 1.81 bits per heavy atom. The summed E-state index contributed by atoms with van der Waals surface area (Å²) in [6.45, 7) is 4.02. The van der Waals surface area contributed by atoms with Crippen molar-refractivity contribution in [3.05, 3.63) is 84.0 Å². The van der Waals surface area contributed by atoms with Crippen molar-refractivity contribution in [3.8, 4) is 28.1 Å². The Morgan fingerprint density at radius 1 is 1.07 bits per heavy atom. The zero-order valence-electron chi connectivity index (χ0n) is 14.8. The van der Waals surface area contributed by atoms with Crippen molar-refractivity contribution in [2.45, 2.75) is 0 Å². The number of carboxylic acid groups (broad SMARTS) is 1. The largest absolute Gasteiger partial charge is 1.00 e. The van der Waals surface area contributed by atoms with E-state index in [9.17, 15) is 9.90 Å². The Kier molecular flexibility index (Phi) is 7.63. The molecule has 0 spiro atoms. The standard InChI is InChI=1S/C21H16ClNO3.Na/c1-2-12-26-20-11-10-14(22)13-17(20)15-6-3-4-7-16(15)18-8-5-9-19(23-18)21(24)25;/h2-11,13H,1,12H2,(H,24,25);/q;+1/p-1. The van der Waals surface area contributed by atoms with E-state index in [0.717, 1.165) is 16.7 Å². The van der Waals surface area contributed by atoms with Gasteiger partial charge in [-0.2, -0.15) is 0 Å². The minimum atomic E-state index is -1.32. The number of nitrogens with zero attached hydrogens (tertiary/aromatic N) is 1. The Bertz CT molecular complexity index is 975. The molecule has 6 heteroatoms. The fourth-order valence-electron chi connectivity index (χ4n) is 2.63. The van der Waals surface area contributed by atoms with Gasteiger partial charge in [-0.15, -0.1) is 0 Å². The normalized spacial score (nSPS) is 9.96. The summed E-state index contributed by atoms with van der Waals surface area (Å²) in [6.07, 6.45) is 1.66. The molecule has 0 radical (unpaired) electrons. The molecule has 0 aliphatic rings. The van der Waals surface area contributed by atoms with E-state index in [0.29, 0.717) is 23.1 Å². The molecule has 4 nitrogen and oxygen atoms in total. The fraction of sp³-hybridized carbons (Fsp3) is 0.0476. The fourth-order valence-corrected chi connectivity index (χ4v) is 2.80. The minimum absolute atomic E-state index is 0. The summed E-state index contributed by atoms with van der Waals surface area (Å²) in [6, 6.07) is 17.7. The molecule has 2 aromatic carbocycles. The zero-order valence-corrected chi connectivity index (χ0v) is 17.6. The number of halogens is 1. The summed E-state index contributed by atoms with van der Waals surface area (Å²) in [5.41, 5.74) is 2.79. The van der Waals surface area contributed by atoms with E-state index < -0.39 is 5.97 Å². The molecule has 3 aromatic rings. The third-order valence-corrected chi connectivity index (χ3v) is 3.98. The van der Waals surface area contributed by atoms with Gasteiger partial charge in [0.1, 0.15) is 12.4 Å². The van der Waals surface area contributed by atoms with E-state index in [4.69, 9.17) is 16.3 Å². The number of carboxylic acids is 1. The second kappa shape index (κ2) is 9.72. The van der Waals surface area contributed by atoms with E-state index in [1.54, 1.807) is 36.4 Å². The molecule has 0 aliphatic carbocycles. The van der Waals surface area contributed by atoms with E-state index >= 15 is 0 Å². The number of pyridine rings is 1. The molecular weight excluding hydrogens is 373 g/mol. The van der Waals surface area contributed by atoms with Gasteiger partial charge in [0.25, 0.3) is 0 Å². The van der Waals surface area contributed by atoms with Gasteiger partial charge in [-0.3, -0.25) is 0 Å². The molecule has 130 valence electrons. The second-order valence-corrected chi connectivity index (χ2v) is 5.92. The van der Waals surface area contributed by atoms with Crippen molar-refractivity contribution >= 4 is 17.6 Å². The predicted molar refractivity (Wildman–Crippen MR) is 100 cm³/mol. The van der Waals surface area contributed by atoms with Gasteiger partial charge in [0, 0.05) is 16.1 Å². The molecule has 0 saturated heterocycles. The van der Waals surface area contributed by atoms with E-state index in [1.165, 1.54) is 6.07 Å². The Balaban J connectivity index is 0.00000261. The molecule has 0 amide bonds. The van der Waals surface area contributed by atoms with Crippen molar-refractivity contribution in [3.63, 3.8) is 0 Å². The van der Waals surface area contributed by atoms with Gasteiger partial charge in [0.2, 0.25) is 0 Å². The molecule has 0 atom stereocenters. The second-order valence-electron chi connectivity index (χ2n) is 5.48. The summed E-state index contributed by atoms with van der Waals surface area (Å²) < 4.78 is 5.75. The molecule has 1 aromatic heterocycles. The molecule has 1 heterocycles. The van der Waals surface area contributed by atoms with Crippen LogP contribution in [0.15, 0.2) is 73.3 Å². The van der Waals surface area contributed by atoms with Gasteiger partial charge in [-0.1, -0.05) is 54.6 Å². The van der Waals surface area contributed by atoms with Crippen LogP contribution in [0.5, 0.6) is 5.75 Å². The molecular formula is C21H15ClNNaO3. The first-order valence-electron chi connectivity index (χ1n) is 7.91. The summed E-state index contributed by atoms with van der Waals surface area (Å²) >= 11 is 6.19. The van der Waals surface area contributed by atoms with Crippen molar-refractivity contribution in [1.29, 1.82) is 0 Å². The average Bonchev–Trinajstić information content (AvgIpc) is 2.67. The monoisotopic (exact) mass is 387 g/mol. The van der Waals surface area contributed by atoms with Gasteiger partial charge in [-0.25, -0.2) is 4.98 Å². The number of ether oxygens (including phenoxy) is 1. The Labute approximate surface area is 184 Å². The third kappa shape index (κ3) is 4.99. The molecule has 0 bridgehead atoms. The van der Waals surface area contributed by atoms with Gasteiger partial charge in [0.15, 0.2) is 0 Å². The van der Waals surface area contributed by atoms with Gasteiger partial charge < -0.3 is 14.6 Å². The van der Waals surface area contributed by atoms with Crippen molar-refractivity contribution in [2.24, 2.45) is 0 Å². The van der Waals surface area contributed by atoms with Crippen LogP contribution in [0.4, 0.5) is 0 Å². The molecule has 3 rings (SSSR count). The number of carbonyl (C=O) groups is 1. The van der Waals surface area contributed by atoms with Crippen LogP contribution in [0.3, 0.4) is 0 Å². The smallest absolute Gasteiger partial charge is 0.543 e. The van der Waals surface area contributed by atoms with Crippen LogP contribution in [-0.4, -0.2) is 17.6 Å². The molecule has 0 aliphatic heterocycles. The molecule has 27 heavy (non-hydrogen) atoms. The summed E-state index contributed by atoms with van der Waals surface area (Å²) in [5.74, 6) is -0.667. The minimum Gasteiger partial charge on any atom is -0.543 e. The van der Waals surface area contributed by atoms with E-state index in [-0.39, 0.29) is 35.3 Å². The van der Waals surface area contributed by atoms with Crippen LogP contribution in [-0.2, 0) is 0 Å². The summed E-state index contributed by atoms with van der Waals surface area (Å²) in [7, 11) is 0. The maximum Gasteiger partial charge on any atom is 1.00 e. The first-order valence-corrected chi connectivity index (χ1v) is 8.29. The maximum absolute atomic E-state index is 11.1. The predicted octanol–water partition coefficient (Wildman–Crippen LogP) is 1.00. The first kappa shape index (κ1) is 21.2. The van der Waals surface area contributed by atoms with Crippen LogP contribution in [0.2, 0.25) is 5.02 Å².